The standard InChI is InChI=1S/C19H22N2O3/c1-3-24-17-11-9-16(10-12-17)21-19(23)13-18(22)20-14(2)15-7-5-4-6-8-15/h4-12,14H,3,13H2,1-2H3,(H,20,22)(H,21,23). The third kappa shape index (κ3) is 5.43. The van der Waals surface area contributed by atoms with E-state index in [-0.39, 0.29) is 24.3 Å². The van der Waals surface area contributed by atoms with Crippen molar-refractivity contribution in [1.29, 1.82) is 0 Å². The van der Waals surface area contributed by atoms with E-state index < -0.39 is 0 Å². The van der Waals surface area contributed by atoms with Crippen LogP contribution in [0, 0.1) is 0 Å². The Morgan fingerprint density at radius 3 is 2.29 bits per heavy atom. The Morgan fingerprint density at radius 1 is 1.00 bits per heavy atom. The van der Waals surface area contributed by atoms with Crippen LogP contribution in [0.2, 0.25) is 0 Å². The zero-order valence-corrected chi connectivity index (χ0v) is 13.9. The molecule has 0 aliphatic heterocycles. The molecule has 0 fully saturated rings. The summed E-state index contributed by atoms with van der Waals surface area (Å²) in [4.78, 5) is 23.9. The Kier molecular flexibility index (Phi) is 6.37. The second-order valence-corrected chi connectivity index (χ2v) is 5.38. The second-order valence-electron chi connectivity index (χ2n) is 5.38. The maximum Gasteiger partial charge on any atom is 0.233 e. The molecule has 0 bridgehead atoms. The van der Waals surface area contributed by atoms with Crippen molar-refractivity contribution < 1.29 is 14.3 Å². The maximum absolute atomic E-state index is 12.0. The minimum atomic E-state index is -0.350. The molecule has 24 heavy (non-hydrogen) atoms. The van der Waals surface area contributed by atoms with Gasteiger partial charge in [-0.25, -0.2) is 0 Å². The van der Waals surface area contributed by atoms with Gasteiger partial charge in [-0.3, -0.25) is 9.59 Å². The van der Waals surface area contributed by atoms with Gasteiger partial charge in [0, 0.05) is 5.69 Å². The molecule has 2 N–H and O–H groups in total. The van der Waals surface area contributed by atoms with E-state index in [1.807, 2.05) is 44.2 Å². The van der Waals surface area contributed by atoms with Crippen LogP contribution in [0.5, 0.6) is 5.75 Å². The lowest BCUT2D eigenvalue weighted by atomic mass is 10.1. The fraction of sp³-hybridized carbons (Fsp3) is 0.263. The summed E-state index contributed by atoms with van der Waals surface area (Å²) in [5.41, 5.74) is 1.63. The van der Waals surface area contributed by atoms with Crippen LogP contribution in [-0.4, -0.2) is 18.4 Å². The number of hydrogen-bond acceptors (Lipinski definition) is 3. The number of carbonyl (C=O) groups excluding carboxylic acids is 2. The first-order valence-electron chi connectivity index (χ1n) is 7.95. The molecule has 0 aliphatic carbocycles. The van der Waals surface area contributed by atoms with E-state index in [9.17, 15) is 9.59 Å². The van der Waals surface area contributed by atoms with E-state index in [0.717, 1.165) is 11.3 Å². The van der Waals surface area contributed by atoms with Crippen LogP contribution in [0.15, 0.2) is 54.6 Å². The number of amides is 2. The van der Waals surface area contributed by atoms with Crippen molar-refractivity contribution in [3.63, 3.8) is 0 Å². The van der Waals surface area contributed by atoms with Gasteiger partial charge in [-0.15, -0.1) is 0 Å². The number of carbonyl (C=O) groups is 2. The Bertz CT molecular complexity index is 669. The van der Waals surface area contributed by atoms with E-state index in [4.69, 9.17) is 4.74 Å². The molecule has 1 unspecified atom stereocenters. The minimum absolute atomic E-state index is 0.142. The largest absolute Gasteiger partial charge is 0.494 e. The molecule has 0 aromatic heterocycles. The Morgan fingerprint density at radius 2 is 1.67 bits per heavy atom. The summed E-state index contributed by atoms with van der Waals surface area (Å²) in [7, 11) is 0. The van der Waals surface area contributed by atoms with Crippen LogP contribution in [-0.2, 0) is 9.59 Å². The van der Waals surface area contributed by atoms with Crippen molar-refractivity contribution in [2.45, 2.75) is 26.3 Å². The summed E-state index contributed by atoms with van der Waals surface area (Å²) >= 11 is 0. The Labute approximate surface area is 142 Å². The van der Waals surface area contributed by atoms with Crippen LogP contribution in [0.1, 0.15) is 31.9 Å². The minimum Gasteiger partial charge on any atom is -0.494 e. The fourth-order valence-electron chi connectivity index (χ4n) is 2.27. The molecule has 0 spiro atoms. The molecule has 0 saturated carbocycles. The van der Waals surface area contributed by atoms with Gasteiger partial charge in [-0.2, -0.15) is 0 Å². The summed E-state index contributed by atoms with van der Waals surface area (Å²) < 4.78 is 5.34. The lowest BCUT2D eigenvalue weighted by Crippen LogP contribution is -2.30. The van der Waals surface area contributed by atoms with Crippen LogP contribution in [0.3, 0.4) is 0 Å². The molecule has 0 heterocycles. The predicted octanol–water partition coefficient (Wildman–Crippen LogP) is 3.29. The third-order valence-corrected chi connectivity index (χ3v) is 3.45. The molecule has 126 valence electrons. The molecule has 2 aromatic carbocycles. The summed E-state index contributed by atoms with van der Waals surface area (Å²) in [5, 5.41) is 5.52. The van der Waals surface area contributed by atoms with E-state index >= 15 is 0 Å². The summed E-state index contributed by atoms with van der Waals surface area (Å²) in [5.74, 6) is 0.0802. The van der Waals surface area contributed by atoms with Gasteiger partial charge in [0.2, 0.25) is 11.8 Å². The average molecular weight is 326 g/mol. The van der Waals surface area contributed by atoms with Crippen molar-refractivity contribution >= 4 is 17.5 Å². The zero-order valence-electron chi connectivity index (χ0n) is 13.9. The number of ether oxygens (including phenoxy) is 1. The first kappa shape index (κ1) is 17.5. The zero-order chi connectivity index (χ0) is 17.4. The summed E-state index contributed by atoms with van der Waals surface area (Å²) in [6.07, 6.45) is -0.218. The molecule has 2 aromatic rings. The quantitative estimate of drug-likeness (QED) is 0.767. The summed E-state index contributed by atoms with van der Waals surface area (Å²) in [6.45, 7) is 4.38. The third-order valence-electron chi connectivity index (χ3n) is 3.45. The lowest BCUT2D eigenvalue weighted by molar-refractivity contribution is -0.127. The SMILES string of the molecule is CCOc1ccc(NC(=O)CC(=O)NC(C)c2ccccc2)cc1. The van der Waals surface area contributed by atoms with Crippen LogP contribution in [0.4, 0.5) is 5.69 Å². The molecule has 0 saturated heterocycles. The normalized spacial score (nSPS) is 11.4. The van der Waals surface area contributed by atoms with Gasteiger partial charge in [-0.1, -0.05) is 30.3 Å². The van der Waals surface area contributed by atoms with E-state index in [1.165, 1.54) is 0 Å². The first-order chi connectivity index (χ1) is 11.6. The van der Waals surface area contributed by atoms with Crippen molar-refractivity contribution in [3.05, 3.63) is 60.2 Å². The monoisotopic (exact) mass is 326 g/mol. The highest BCUT2D eigenvalue weighted by molar-refractivity contribution is 6.03. The van der Waals surface area contributed by atoms with Crippen molar-refractivity contribution in [2.75, 3.05) is 11.9 Å². The molecular formula is C19H22N2O3. The van der Waals surface area contributed by atoms with E-state index in [2.05, 4.69) is 10.6 Å². The van der Waals surface area contributed by atoms with Crippen molar-refractivity contribution in [1.82, 2.24) is 5.32 Å². The predicted molar refractivity (Wildman–Crippen MR) is 93.9 cm³/mol. The van der Waals surface area contributed by atoms with Gasteiger partial charge in [0.15, 0.2) is 0 Å². The molecule has 2 rings (SSSR count). The number of hydrogen-bond donors (Lipinski definition) is 2. The molecule has 0 radical (unpaired) electrons. The molecule has 5 nitrogen and oxygen atoms in total. The van der Waals surface area contributed by atoms with Gasteiger partial charge >= 0.3 is 0 Å². The lowest BCUT2D eigenvalue weighted by Gasteiger charge is -2.14. The van der Waals surface area contributed by atoms with Crippen molar-refractivity contribution in [2.24, 2.45) is 0 Å². The van der Waals surface area contributed by atoms with Gasteiger partial charge in [0.25, 0.3) is 0 Å². The van der Waals surface area contributed by atoms with Crippen LogP contribution >= 0.6 is 0 Å². The molecule has 2 amide bonds. The van der Waals surface area contributed by atoms with E-state index in [0.29, 0.717) is 12.3 Å². The highest BCUT2D eigenvalue weighted by Crippen LogP contribution is 2.16. The molecule has 5 heteroatoms. The Hall–Kier alpha value is -2.82. The number of anilines is 1. The van der Waals surface area contributed by atoms with E-state index in [1.54, 1.807) is 24.3 Å². The van der Waals surface area contributed by atoms with Crippen LogP contribution < -0.4 is 15.4 Å². The second kappa shape index (κ2) is 8.72. The van der Waals surface area contributed by atoms with Crippen LogP contribution in [0.25, 0.3) is 0 Å². The van der Waals surface area contributed by atoms with Gasteiger partial charge in [0.1, 0.15) is 12.2 Å². The molecule has 0 aliphatic rings. The highest BCUT2D eigenvalue weighted by Gasteiger charge is 2.13. The molecule has 1 atom stereocenters. The Balaban J connectivity index is 1.82. The maximum atomic E-state index is 12.0. The van der Waals surface area contributed by atoms with Gasteiger partial charge in [0.05, 0.1) is 12.6 Å². The molecular weight excluding hydrogens is 304 g/mol. The average Bonchev–Trinajstić information content (AvgIpc) is 2.57. The first-order valence-corrected chi connectivity index (χ1v) is 7.95. The van der Waals surface area contributed by atoms with Gasteiger partial charge < -0.3 is 15.4 Å². The topological polar surface area (TPSA) is 67.4 Å². The fourth-order valence-corrected chi connectivity index (χ4v) is 2.27. The van der Waals surface area contributed by atoms with Crippen molar-refractivity contribution in [3.8, 4) is 5.75 Å². The number of rotatable bonds is 7. The number of benzene rings is 2. The number of nitrogens with one attached hydrogen (secondary N) is 2. The highest BCUT2D eigenvalue weighted by atomic mass is 16.5. The smallest absolute Gasteiger partial charge is 0.233 e. The summed E-state index contributed by atoms with van der Waals surface area (Å²) in [6, 6.07) is 16.5. The van der Waals surface area contributed by atoms with Gasteiger partial charge in [-0.05, 0) is 43.7 Å².